The number of nitrogens with one attached hydrogen (secondary N) is 2. The highest BCUT2D eigenvalue weighted by atomic mass is 16.4. The van der Waals surface area contributed by atoms with Gasteiger partial charge in [0.1, 0.15) is 12.1 Å². The van der Waals surface area contributed by atoms with E-state index in [0.717, 1.165) is 11.1 Å². The SMILES string of the molecule is CC(C)CC(NC(=O)C(Cc1ccccc1)NC(=O)C(N)Cc1ccccc1)C(=O)O. The van der Waals surface area contributed by atoms with Crippen LogP contribution in [0, 0.1) is 5.92 Å². The van der Waals surface area contributed by atoms with Gasteiger partial charge in [0.25, 0.3) is 0 Å². The molecule has 0 aromatic heterocycles. The summed E-state index contributed by atoms with van der Waals surface area (Å²) in [6.45, 7) is 3.77. The largest absolute Gasteiger partial charge is 0.480 e. The van der Waals surface area contributed by atoms with Crippen molar-refractivity contribution in [1.82, 2.24) is 10.6 Å². The zero-order valence-corrected chi connectivity index (χ0v) is 18.0. The molecule has 0 bridgehead atoms. The van der Waals surface area contributed by atoms with E-state index in [9.17, 15) is 19.5 Å². The first-order valence-corrected chi connectivity index (χ1v) is 10.4. The maximum absolute atomic E-state index is 12.9. The van der Waals surface area contributed by atoms with Gasteiger partial charge in [-0.25, -0.2) is 4.79 Å². The minimum absolute atomic E-state index is 0.0860. The zero-order chi connectivity index (χ0) is 22.8. The van der Waals surface area contributed by atoms with Gasteiger partial charge < -0.3 is 21.5 Å². The normalized spacial score (nSPS) is 13.8. The molecule has 3 unspecified atom stereocenters. The van der Waals surface area contributed by atoms with Crippen molar-refractivity contribution in [3.8, 4) is 0 Å². The van der Waals surface area contributed by atoms with E-state index in [1.165, 1.54) is 0 Å². The van der Waals surface area contributed by atoms with Crippen LogP contribution in [-0.4, -0.2) is 41.0 Å². The van der Waals surface area contributed by atoms with Crippen molar-refractivity contribution in [2.75, 3.05) is 0 Å². The molecule has 2 rings (SSSR count). The predicted molar refractivity (Wildman–Crippen MR) is 119 cm³/mol. The van der Waals surface area contributed by atoms with Crippen LogP contribution in [0.2, 0.25) is 0 Å². The summed E-state index contributed by atoms with van der Waals surface area (Å²) in [5, 5.41) is 14.7. The molecule has 5 N–H and O–H groups in total. The Hall–Kier alpha value is -3.19. The minimum Gasteiger partial charge on any atom is -0.480 e. The number of aliphatic carboxylic acids is 1. The average molecular weight is 426 g/mol. The standard InChI is InChI=1S/C24H31N3O4/c1-16(2)13-21(24(30)31)27-23(29)20(15-18-11-7-4-8-12-18)26-22(28)19(25)14-17-9-5-3-6-10-17/h3-12,16,19-21H,13-15,25H2,1-2H3,(H,26,28)(H,27,29)(H,30,31). The van der Waals surface area contributed by atoms with Crippen LogP contribution in [0.1, 0.15) is 31.4 Å². The first-order valence-electron chi connectivity index (χ1n) is 10.4. The Morgan fingerprint density at radius 2 is 1.29 bits per heavy atom. The average Bonchev–Trinajstić information content (AvgIpc) is 2.73. The molecule has 0 radical (unpaired) electrons. The molecule has 7 heteroatoms. The number of hydrogen-bond donors (Lipinski definition) is 4. The van der Waals surface area contributed by atoms with E-state index in [1.807, 2.05) is 74.5 Å². The fourth-order valence-electron chi connectivity index (χ4n) is 3.26. The van der Waals surface area contributed by atoms with Gasteiger partial charge in [0.2, 0.25) is 11.8 Å². The molecule has 2 amide bonds. The second kappa shape index (κ2) is 11.9. The Kier molecular flexibility index (Phi) is 9.21. The minimum atomic E-state index is -1.10. The van der Waals surface area contributed by atoms with Crippen molar-refractivity contribution in [2.45, 2.75) is 51.2 Å². The van der Waals surface area contributed by atoms with Crippen molar-refractivity contribution in [1.29, 1.82) is 0 Å². The summed E-state index contributed by atoms with van der Waals surface area (Å²) in [5.74, 6) is -2.02. The van der Waals surface area contributed by atoms with Crippen LogP contribution in [0.3, 0.4) is 0 Å². The number of carboxylic acid groups (broad SMARTS) is 1. The van der Waals surface area contributed by atoms with E-state index in [-0.39, 0.29) is 12.3 Å². The van der Waals surface area contributed by atoms with Crippen LogP contribution in [0.15, 0.2) is 60.7 Å². The quantitative estimate of drug-likeness (QED) is 0.438. The molecule has 2 aromatic carbocycles. The highest BCUT2D eigenvalue weighted by Gasteiger charge is 2.28. The van der Waals surface area contributed by atoms with Gasteiger partial charge in [-0.05, 0) is 29.9 Å². The van der Waals surface area contributed by atoms with Gasteiger partial charge in [-0.3, -0.25) is 9.59 Å². The van der Waals surface area contributed by atoms with Crippen LogP contribution >= 0.6 is 0 Å². The lowest BCUT2D eigenvalue weighted by Gasteiger charge is -2.24. The Labute approximate surface area is 183 Å². The summed E-state index contributed by atoms with van der Waals surface area (Å²) in [6, 6.07) is 15.8. The monoisotopic (exact) mass is 425 g/mol. The molecule has 7 nitrogen and oxygen atoms in total. The molecule has 0 saturated carbocycles. The molecule has 31 heavy (non-hydrogen) atoms. The van der Waals surface area contributed by atoms with Gasteiger partial charge in [0, 0.05) is 6.42 Å². The van der Waals surface area contributed by atoms with Crippen molar-refractivity contribution in [2.24, 2.45) is 11.7 Å². The molecule has 166 valence electrons. The first kappa shape index (κ1) is 24.1. The molecule has 0 spiro atoms. The highest BCUT2D eigenvalue weighted by Crippen LogP contribution is 2.09. The number of benzene rings is 2. The second-order valence-corrected chi connectivity index (χ2v) is 8.08. The lowest BCUT2D eigenvalue weighted by molar-refractivity contribution is -0.142. The maximum Gasteiger partial charge on any atom is 0.326 e. The number of carbonyl (C=O) groups excluding carboxylic acids is 2. The van der Waals surface area contributed by atoms with E-state index >= 15 is 0 Å². The first-order chi connectivity index (χ1) is 14.8. The number of nitrogens with two attached hydrogens (primary N) is 1. The third kappa shape index (κ3) is 8.22. The number of carbonyl (C=O) groups is 3. The summed E-state index contributed by atoms with van der Waals surface area (Å²) in [7, 11) is 0. The third-order valence-corrected chi connectivity index (χ3v) is 4.87. The molecule has 3 atom stereocenters. The topological polar surface area (TPSA) is 122 Å². The van der Waals surface area contributed by atoms with Crippen LogP contribution in [0.4, 0.5) is 0 Å². The molecule has 0 heterocycles. The van der Waals surface area contributed by atoms with E-state index in [0.29, 0.717) is 12.8 Å². The second-order valence-electron chi connectivity index (χ2n) is 8.08. The van der Waals surface area contributed by atoms with Gasteiger partial charge >= 0.3 is 5.97 Å². The molecule has 0 aliphatic carbocycles. The maximum atomic E-state index is 12.9. The van der Waals surface area contributed by atoms with Crippen LogP contribution < -0.4 is 16.4 Å². The van der Waals surface area contributed by atoms with E-state index in [4.69, 9.17) is 5.73 Å². The van der Waals surface area contributed by atoms with Crippen LogP contribution in [-0.2, 0) is 27.2 Å². The molecule has 0 aliphatic rings. The molecule has 0 aliphatic heterocycles. The lowest BCUT2D eigenvalue weighted by Crippen LogP contribution is -2.55. The number of amides is 2. The Balaban J connectivity index is 2.12. The number of carboxylic acids is 1. The van der Waals surface area contributed by atoms with E-state index in [1.54, 1.807) is 0 Å². The van der Waals surface area contributed by atoms with E-state index < -0.39 is 35.9 Å². The fraction of sp³-hybridized carbons (Fsp3) is 0.375. The Morgan fingerprint density at radius 3 is 1.77 bits per heavy atom. The van der Waals surface area contributed by atoms with Crippen LogP contribution in [0.25, 0.3) is 0 Å². The van der Waals surface area contributed by atoms with Gasteiger partial charge in [-0.1, -0.05) is 74.5 Å². The lowest BCUT2D eigenvalue weighted by atomic mass is 10.0. The molecular formula is C24H31N3O4. The number of rotatable bonds is 11. The van der Waals surface area contributed by atoms with Crippen LogP contribution in [0.5, 0.6) is 0 Å². The molecular weight excluding hydrogens is 394 g/mol. The smallest absolute Gasteiger partial charge is 0.326 e. The summed E-state index contributed by atoms with van der Waals surface area (Å²) in [6.07, 6.45) is 0.850. The van der Waals surface area contributed by atoms with E-state index in [2.05, 4.69) is 10.6 Å². The van der Waals surface area contributed by atoms with Gasteiger partial charge in [-0.2, -0.15) is 0 Å². The zero-order valence-electron chi connectivity index (χ0n) is 18.0. The van der Waals surface area contributed by atoms with Crippen molar-refractivity contribution < 1.29 is 19.5 Å². The highest BCUT2D eigenvalue weighted by molar-refractivity contribution is 5.92. The van der Waals surface area contributed by atoms with Gasteiger partial charge in [0.05, 0.1) is 6.04 Å². The van der Waals surface area contributed by atoms with Crippen molar-refractivity contribution in [3.05, 3.63) is 71.8 Å². The van der Waals surface area contributed by atoms with Crippen molar-refractivity contribution >= 4 is 17.8 Å². The molecule has 0 fully saturated rings. The molecule has 0 saturated heterocycles. The molecule has 2 aromatic rings. The van der Waals surface area contributed by atoms with Crippen molar-refractivity contribution in [3.63, 3.8) is 0 Å². The Morgan fingerprint density at radius 1 is 0.806 bits per heavy atom. The summed E-state index contributed by atoms with van der Waals surface area (Å²) >= 11 is 0. The Bertz CT molecular complexity index is 856. The summed E-state index contributed by atoms with van der Waals surface area (Å²) in [4.78, 5) is 37.2. The van der Waals surface area contributed by atoms with Gasteiger partial charge in [-0.15, -0.1) is 0 Å². The summed E-state index contributed by atoms with van der Waals surface area (Å²) in [5.41, 5.74) is 7.83. The number of hydrogen-bond acceptors (Lipinski definition) is 4. The summed E-state index contributed by atoms with van der Waals surface area (Å²) < 4.78 is 0. The fourth-order valence-corrected chi connectivity index (χ4v) is 3.26. The predicted octanol–water partition coefficient (Wildman–Crippen LogP) is 1.90. The third-order valence-electron chi connectivity index (χ3n) is 4.87. The van der Waals surface area contributed by atoms with Gasteiger partial charge in [0.15, 0.2) is 0 Å².